The Morgan fingerprint density at radius 3 is 0.803 bits per heavy atom. The van der Waals surface area contributed by atoms with Crippen molar-refractivity contribution in [1.82, 2.24) is 0 Å². The molecule has 0 saturated carbocycles. The van der Waals surface area contributed by atoms with Crippen LogP contribution in [0.1, 0.15) is 43.1 Å². The lowest BCUT2D eigenvalue weighted by Gasteiger charge is -2.51. The first-order valence-electron chi connectivity index (χ1n) is 22.1. The van der Waals surface area contributed by atoms with Crippen LogP contribution in [0.4, 0.5) is 32.8 Å². The molecule has 0 radical (unpaired) electrons. The van der Waals surface area contributed by atoms with Gasteiger partial charge in [0, 0.05) is 48.9 Å². The summed E-state index contributed by atoms with van der Waals surface area (Å²) in [6.07, 6.45) is 0. The van der Waals surface area contributed by atoms with Gasteiger partial charge in [-0.05, 0) is 118 Å². The highest BCUT2D eigenvalue weighted by atomic mass is 32.2. The minimum atomic E-state index is -0.631. The highest BCUT2D eigenvalue weighted by molar-refractivity contribution is 8.00. The number of para-hydroxylation sites is 4. The number of nitrogens with zero attached hydrogens (tertiary/aromatic N) is 2. The molecule has 2 nitrogen and oxygen atoms in total. The number of benzene rings is 8. The number of hydrogen-bond acceptors (Lipinski definition) is 8. The second-order valence-electron chi connectivity index (χ2n) is 17.1. The Balaban J connectivity index is 1.13. The number of rotatable bonds is 2. The molecule has 2 spiro atoms. The molecule has 0 unspecified atom stereocenters. The second-order valence-corrected chi connectivity index (χ2v) is 23.5. The van der Waals surface area contributed by atoms with Crippen LogP contribution in [0, 0.1) is 0 Å². The van der Waals surface area contributed by atoms with Gasteiger partial charge in [-0.15, -0.1) is 22.7 Å². The topological polar surface area (TPSA) is 6.48 Å². The molecule has 5 aliphatic rings. The van der Waals surface area contributed by atoms with E-state index in [0.29, 0.717) is 0 Å². The average Bonchev–Trinajstić information content (AvgIpc) is 4.03. The SMILES string of the molecule is c1ccc2c(c1)Sc1ccccc1N2c1cc2c(s1)C1(c3ccccc3Sc3ccccc31)c1cc(N3c4ccccc4Sc4ccccc43)sc1C21c2ccccc2Sc2ccccc21. The molecule has 8 aromatic carbocycles. The fourth-order valence-electron chi connectivity index (χ4n) is 11.3. The molecule has 0 fully saturated rings. The lowest BCUT2D eigenvalue weighted by molar-refractivity contribution is 0.609. The molecule has 0 saturated heterocycles. The molecule has 6 heterocycles. The zero-order chi connectivity index (χ0) is 43.1. The Labute approximate surface area is 408 Å². The summed E-state index contributed by atoms with van der Waals surface area (Å²) < 4.78 is 0. The lowest BCUT2D eigenvalue weighted by Crippen LogP contribution is -2.45. The van der Waals surface area contributed by atoms with Gasteiger partial charge in [0.2, 0.25) is 0 Å². The number of hydrogen-bond donors (Lipinski definition) is 0. The molecule has 1 aliphatic carbocycles. The van der Waals surface area contributed by atoms with Crippen LogP contribution in [0.2, 0.25) is 0 Å². The van der Waals surface area contributed by atoms with E-state index in [-0.39, 0.29) is 0 Å². The van der Waals surface area contributed by atoms with Crippen molar-refractivity contribution >= 4 is 102 Å². The van der Waals surface area contributed by atoms with Crippen LogP contribution in [0.3, 0.4) is 0 Å². The van der Waals surface area contributed by atoms with Crippen molar-refractivity contribution in [3.63, 3.8) is 0 Å². The molecule has 0 bridgehead atoms. The van der Waals surface area contributed by atoms with Gasteiger partial charge in [-0.2, -0.15) is 0 Å². The maximum atomic E-state index is 2.62. The first kappa shape index (κ1) is 38.3. The Morgan fingerprint density at radius 1 is 0.258 bits per heavy atom. The largest absolute Gasteiger partial charge is 0.300 e. The summed E-state index contributed by atoms with van der Waals surface area (Å²) in [5.41, 5.74) is 11.7. The fourth-order valence-corrected chi connectivity index (χ4v) is 18.7. The maximum Gasteiger partial charge on any atom is 0.101 e. The van der Waals surface area contributed by atoms with Gasteiger partial charge in [-0.1, -0.05) is 168 Å². The molecule has 0 amide bonds. The second kappa shape index (κ2) is 14.3. The fraction of sp³-hybridized carbons (Fsp3) is 0.0345. The molecule has 66 heavy (non-hydrogen) atoms. The van der Waals surface area contributed by atoms with E-state index >= 15 is 0 Å². The van der Waals surface area contributed by atoms with Crippen molar-refractivity contribution < 1.29 is 0 Å². The first-order chi connectivity index (χ1) is 32.7. The molecule has 0 atom stereocenters. The van der Waals surface area contributed by atoms with E-state index in [4.69, 9.17) is 0 Å². The van der Waals surface area contributed by atoms with Gasteiger partial charge in [-0.3, -0.25) is 9.80 Å². The molecule has 312 valence electrons. The molecule has 2 aromatic heterocycles. The predicted octanol–water partition coefficient (Wildman–Crippen LogP) is 17.7. The van der Waals surface area contributed by atoms with Crippen LogP contribution in [0.5, 0.6) is 0 Å². The molecule has 4 aliphatic heterocycles. The minimum absolute atomic E-state index is 0.631. The summed E-state index contributed by atoms with van der Waals surface area (Å²) in [4.78, 5) is 18.2. The van der Waals surface area contributed by atoms with Crippen molar-refractivity contribution in [3.05, 3.63) is 249 Å². The Bertz CT molecular complexity index is 3210. The Kier molecular flexibility index (Phi) is 8.31. The first-order valence-corrected chi connectivity index (χ1v) is 27.0. The molecular formula is C58H34N2S6. The van der Waals surface area contributed by atoms with Gasteiger partial charge in [0.15, 0.2) is 0 Å². The number of thiophene rings is 2. The van der Waals surface area contributed by atoms with Crippen LogP contribution in [-0.2, 0) is 10.8 Å². The van der Waals surface area contributed by atoms with Crippen LogP contribution in [0.25, 0.3) is 0 Å². The van der Waals surface area contributed by atoms with Crippen LogP contribution in [0.15, 0.2) is 245 Å². The summed E-state index contributed by atoms with van der Waals surface area (Å²) in [6, 6.07) is 78.2. The normalized spacial score (nSPS) is 15.8. The number of fused-ring (bicyclic) bond motifs is 18. The van der Waals surface area contributed by atoms with Crippen molar-refractivity contribution in [2.24, 2.45) is 0 Å². The third-order valence-electron chi connectivity index (χ3n) is 13.8. The van der Waals surface area contributed by atoms with Gasteiger partial charge in [-0.25, -0.2) is 0 Å². The summed E-state index contributed by atoms with van der Waals surface area (Å²) in [5.74, 6) is 0. The zero-order valence-corrected chi connectivity index (χ0v) is 39.9. The summed E-state index contributed by atoms with van der Waals surface area (Å²) in [6.45, 7) is 0. The zero-order valence-electron chi connectivity index (χ0n) is 35.0. The van der Waals surface area contributed by atoms with Gasteiger partial charge < -0.3 is 0 Å². The standard InChI is InChI=1S/C58H34N2S6/c1-9-25-45-35(17-1)57(36-18-2-10-26-46(36)61-45)39-33-53(59-41-21-5-13-29-49(41)63-50-30-14-6-22-42(50)59)66-56(39)58(37-19-3-11-27-47(37)62-48-28-12-4-20-38(48)58)40-34-54(65-55(40)57)60-43-23-7-15-31-51(43)64-52-32-16-8-24-44(52)60/h1-34H. The monoisotopic (exact) mass is 950 g/mol. The van der Waals surface area contributed by atoms with E-state index in [2.05, 4.69) is 216 Å². The summed E-state index contributed by atoms with van der Waals surface area (Å²) in [5, 5.41) is 2.46. The van der Waals surface area contributed by atoms with Crippen LogP contribution < -0.4 is 9.80 Å². The predicted molar refractivity (Wildman–Crippen MR) is 278 cm³/mol. The highest BCUT2D eigenvalue weighted by Crippen LogP contribution is 2.71. The summed E-state index contributed by atoms with van der Waals surface area (Å²) in [7, 11) is 0. The van der Waals surface area contributed by atoms with Gasteiger partial charge >= 0.3 is 0 Å². The van der Waals surface area contributed by atoms with E-state index in [9.17, 15) is 0 Å². The van der Waals surface area contributed by atoms with E-state index in [1.54, 1.807) is 0 Å². The summed E-state index contributed by atoms with van der Waals surface area (Å²) >= 11 is 11.6. The molecular weight excluding hydrogens is 917 g/mol. The number of anilines is 6. The molecule has 8 heteroatoms. The Morgan fingerprint density at radius 2 is 0.500 bits per heavy atom. The molecule has 10 aromatic rings. The van der Waals surface area contributed by atoms with Crippen molar-refractivity contribution in [2.45, 2.75) is 50.0 Å². The van der Waals surface area contributed by atoms with Crippen molar-refractivity contribution in [1.29, 1.82) is 0 Å². The van der Waals surface area contributed by atoms with Crippen molar-refractivity contribution in [3.8, 4) is 0 Å². The van der Waals surface area contributed by atoms with Gasteiger partial charge in [0.25, 0.3) is 0 Å². The van der Waals surface area contributed by atoms with E-state index in [0.717, 1.165) is 0 Å². The third-order valence-corrected chi connectivity index (χ3v) is 20.9. The van der Waals surface area contributed by atoms with Crippen LogP contribution in [-0.4, -0.2) is 0 Å². The smallest absolute Gasteiger partial charge is 0.101 e. The highest BCUT2D eigenvalue weighted by Gasteiger charge is 2.60. The third kappa shape index (κ3) is 5.04. The maximum absolute atomic E-state index is 2.62. The van der Waals surface area contributed by atoms with Crippen LogP contribution >= 0.6 is 69.7 Å². The Hall–Kier alpha value is -5.84. The minimum Gasteiger partial charge on any atom is -0.300 e. The van der Waals surface area contributed by atoms with Gasteiger partial charge in [0.05, 0.1) is 33.6 Å². The lowest BCUT2D eigenvalue weighted by atomic mass is 9.55. The van der Waals surface area contributed by atoms with Gasteiger partial charge in [0.1, 0.15) is 10.0 Å². The molecule has 15 rings (SSSR count). The van der Waals surface area contributed by atoms with E-state index in [1.807, 2.05) is 69.7 Å². The van der Waals surface area contributed by atoms with Crippen molar-refractivity contribution in [2.75, 3.05) is 9.80 Å². The quantitative estimate of drug-likeness (QED) is 0.169. The van der Waals surface area contributed by atoms with E-state index in [1.165, 1.54) is 115 Å². The van der Waals surface area contributed by atoms with E-state index < -0.39 is 10.8 Å². The molecule has 0 N–H and O–H groups in total. The average molecular weight is 951 g/mol.